The van der Waals surface area contributed by atoms with E-state index in [4.69, 9.17) is 0 Å². The summed E-state index contributed by atoms with van der Waals surface area (Å²) in [6.45, 7) is 6.90. The van der Waals surface area contributed by atoms with Gasteiger partial charge in [0.25, 0.3) is 0 Å². The highest BCUT2D eigenvalue weighted by Gasteiger charge is 2.54. The summed E-state index contributed by atoms with van der Waals surface area (Å²) in [4.78, 5) is 18.3. The lowest BCUT2D eigenvalue weighted by Crippen LogP contribution is -2.55. The molecule has 1 heterocycles. The van der Waals surface area contributed by atoms with Gasteiger partial charge in [0.1, 0.15) is 0 Å². The molecule has 4 atom stereocenters. The number of hydrogen-bond donors (Lipinski definition) is 0. The number of nitrogens with zero attached hydrogens (tertiary/aromatic N) is 2. The van der Waals surface area contributed by atoms with Gasteiger partial charge in [-0.1, -0.05) is 44.2 Å². The Kier molecular flexibility index (Phi) is 5.33. The largest absolute Gasteiger partial charge is 0.342 e. The van der Waals surface area contributed by atoms with Crippen LogP contribution in [-0.4, -0.2) is 48.9 Å². The van der Waals surface area contributed by atoms with Gasteiger partial charge in [0, 0.05) is 18.5 Å². The summed E-state index contributed by atoms with van der Waals surface area (Å²) in [7, 11) is 4.26. The molecule has 2 aliphatic carbocycles. The highest BCUT2D eigenvalue weighted by molar-refractivity contribution is 5.83. The van der Waals surface area contributed by atoms with Gasteiger partial charge in [-0.15, -0.1) is 0 Å². The number of hydrogen-bond acceptors (Lipinski definition) is 2. The van der Waals surface area contributed by atoms with Crippen LogP contribution in [-0.2, 0) is 10.2 Å². The number of rotatable bonds is 3. The third-order valence-corrected chi connectivity index (χ3v) is 8.08. The summed E-state index contributed by atoms with van der Waals surface area (Å²) >= 11 is 0. The Balaban J connectivity index is 1.59. The van der Waals surface area contributed by atoms with Crippen LogP contribution in [0, 0.1) is 17.3 Å². The van der Waals surface area contributed by atoms with E-state index in [0.29, 0.717) is 17.9 Å². The Bertz CT molecular complexity index is 692. The van der Waals surface area contributed by atoms with Gasteiger partial charge in [-0.05, 0) is 87.9 Å². The van der Waals surface area contributed by atoms with Crippen LogP contribution in [0.15, 0.2) is 30.3 Å². The average molecular weight is 383 g/mol. The van der Waals surface area contributed by atoms with Gasteiger partial charge in [0.2, 0.25) is 5.91 Å². The van der Waals surface area contributed by atoms with Gasteiger partial charge in [0.15, 0.2) is 0 Å². The fraction of sp³-hybridized carbons (Fsp3) is 0.720. The van der Waals surface area contributed by atoms with Crippen LogP contribution < -0.4 is 0 Å². The molecule has 0 radical (unpaired) electrons. The number of amides is 1. The normalized spacial score (nSPS) is 36.9. The molecule has 1 amide bonds. The van der Waals surface area contributed by atoms with E-state index in [1.54, 1.807) is 0 Å². The first kappa shape index (κ1) is 19.9. The van der Waals surface area contributed by atoms with Gasteiger partial charge in [-0.3, -0.25) is 4.79 Å². The Morgan fingerprint density at radius 3 is 2.46 bits per heavy atom. The standard InChI is InChI=1S/C25H38N2O/c1-19-14-20-16-24(2,23(28)27(4)22-10-12-26(3)13-11-22)18-25(15-19,17-20)21-8-6-5-7-9-21/h5-9,19-20,22H,10-18H2,1-4H3. The highest BCUT2D eigenvalue weighted by Crippen LogP contribution is 2.58. The van der Waals surface area contributed by atoms with Crippen molar-refractivity contribution < 1.29 is 4.79 Å². The summed E-state index contributed by atoms with van der Waals surface area (Å²) in [6.07, 6.45) is 8.09. The molecule has 1 saturated heterocycles. The van der Waals surface area contributed by atoms with Crippen molar-refractivity contribution >= 4 is 5.91 Å². The van der Waals surface area contributed by atoms with Crippen molar-refractivity contribution in [2.75, 3.05) is 27.2 Å². The number of fused-ring (bicyclic) bond motifs is 2. The van der Waals surface area contributed by atoms with Gasteiger partial charge >= 0.3 is 0 Å². The van der Waals surface area contributed by atoms with Crippen LogP contribution in [0.1, 0.15) is 64.4 Å². The molecule has 4 unspecified atom stereocenters. The third kappa shape index (κ3) is 3.63. The Hall–Kier alpha value is -1.35. The van der Waals surface area contributed by atoms with E-state index in [0.717, 1.165) is 44.7 Å². The Labute approximate surface area is 171 Å². The van der Waals surface area contributed by atoms with Crippen LogP contribution >= 0.6 is 0 Å². The topological polar surface area (TPSA) is 23.6 Å². The molecule has 1 aliphatic heterocycles. The van der Waals surface area contributed by atoms with Gasteiger partial charge < -0.3 is 9.80 Å². The maximum absolute atomic E-state index is 13.8. The molecular formula is C25H38N2O. The van der Waals surface area contributed by atoms with Crippen molar-refractivity contribution in [1.29, 1.82) is 0 Å². The first-order chi connectivity index (χ1) is 13.3. The minimum atomic E-state index is -0.225. The van der Waals surface area contributed by atoms with Crippen LogP contribution in [0.4, 0.5) is 0 Å². The van der Waals surface area contributed by atoms with Crippen LogP contribution in [0.5, 0.6) is 0 Å². The van der Waals surface area contributed by atoms with Crippen molar-refractivity contribution in [3.05, 3.63) is 35.9 Å². The predicted octanol–water partition coefficient (Wildman–Crippen LogP) is 4.71. The summed E-state index contributed by atoms with van der Waals surface area (Å²) in [5, 5.41) is 0. The molecule has 3 fully saturated rings. The molecule has 0 spiro atoms. The maximum Gasteiger partial charge on any atom is 0.228 e. The second-order valence-electron chi connectivity index (χ2n) is 10.7. The van der Waals surface area contributed by atoms with Crippen LogP contribution in [0.25, 0.3) is 0 Å². The highest BCUT2D eigenvalue weighted by atomic mass is 16.2. The molecule has 3 nitrogen and oxygen atoms in total. The van der Waals surface area contributed by atoms with E-state index in [1.165, 1.54) is 24.8 Å². The zero-order valence-corrected chi connectivity index (χ0v) is 18.3. The van der Waals surface area contributed by atoms with Crippen LogP contribution in [0.3, 0.4) is 0 Å². The maximum atomic E-state index is 13.8. The van der Waals surface area contributed by atoms with E-state index < -0.39 is 0 Å². The first-order valence-electron chi connectivity index (χ1n) is 11.3. The SMILES string of the molecule is CC1CC2CC(C)(C(=O)N(C)C3CCN(C)CC3)CC(c3ccccc3)(C1)C2. The third-order valence-electron chi connectivity index (χ3n) is 8.08. The molecule has 2 saturated carbocycles. The minimum absolute atomic E-state index is 0.180. The summed E-state index contributed by atoms with van der Waals surface area (Å²) in [5.41, 5.74) is 1.42. The van der Waals surface area contributed by atoms with Crippen molar-refractivity contribution in [1.82, 2.24) is 9.80 Å². The smallest absolute Gasteiger partial charge is 0.228 e. The van der Waals surface area contributed by atoms with Gasteiger partial charge in [-0.25, -0.2) is 0 Å². The molecule has 1 aromatic carbocycles. The molecule has 154 valence electrons. The van der Waals surface area contributed by atoms with Crippen molar-refractivity contribution in [2.45, 2.75) is 70.3 Å². The predicted molar refractivity (Wildman–Crippen MR) is 115 cm³/mol. The monoisotopic (exact) mass is 382 g/mol. The molecule has 28 heavy (non-hydrogen) atoms. The molecule has 2 bridgehead atoms. The van der Waals surface area contributed by atoms with E-state index in [9.17, 15) is 4.79 Å². The molecule has 0 aromatic heterocycles. The van der Waals surface area contributed by atoms with E-state index >= 15 is 0 Å². The number of benzene rings is 1. The number of carbonyl (C=O) groups excluding carboxylic acids is 1. The zero-order valence-electron chi connectivity index (χ0n) is 18.3. The van der Waals surface area contributed by atoms with Gasteiger partial charge in [-0.2, -0.15) is 0 Å². The Morgan fingerprint density at radius 1 is 1.11 bits per heavy atom. The molecule has 1 aromatic rings. The van der Waals surface area contributed by atoms with E-state index in [1.807, 2.05) is 0 Å². The molecular weight excluding hydrogens is 344 g/mol. The quantitative estimate of drug-likeness (QED) is 0.756. The Morgan fingerprint density at radius 2 is 1.79 bits per heavy atom. The lowest BCUT2D eigenvalue weighted by molar-refractivity contribution is -0.149. The molecule has 3 heteroatoms. The van der Waals surface area contributed by atoms with Crippen molar-refractivity contribution in [3.63, 3.8) is 0 Å². The number of piperidine rings is 1. The van der Waals surface area contributed by atoms with E-state index in [-0.39, 0.29) is 10.8 Å². The summed E-state index contributed by atoms with van der Waals surface area (Å²) in [6, 6.07) is 11.5. The lowest BCUT2D eigenvalue weighted by atomic mass is 9.50. The summed E-state index contributed by atoms with van der Waals surface area (Å²) < 4.78 is 0. The van der Waals surface area contributed by atoms with E-state index in [2.05, 4.69) is 68.1 Å². The lowest BCUT2D eigenvalue weighted by Gasteiger charge is -2.55. The number of carbonyl (C=O) groups is 1. The number of likely N-dealkylation sites (tertiary alicyclic amines) is 1. The second-order valence-corrected chi connectivity index (χ2v) is 10.7. The fourth-order valence-electron chi connectivity index (χ4n) is 7.06. The van der Waals surface area contributed by atoms with Crippen molar-refractivity contribution in [2.24, 2.45) is 17.3 Å². The molecule has 3 aliphatic rings. The first-order valence-corrected chi connectivity index (χ1v) is 11.3. The second kappa shape index (κ2) is 7.48. The van der Waals surface area contributed by atoms with Crippen LogP contribution in [0.2, 0.25) is 0 Å². The van der Waals surface area contributed by atoms with Crippen molar-refractivity contribution in [3.8, 4) is 0 Å². The van der Waals surface area contributed by atoms with Gasteiger partial charge in [0.05, 0.1) is 0 Å². The summed E-state index contributed by atoms with van der Waals surface area (Å²) in [5.74, 6) is 1.84. The fourth-order valence-corrected chi connectivity index (χ4v) is 7.06. The molecule has 4 rings (SSSR count). The zero-order chi connectivity index (χ0) is 19.9. The minimum Gasteiger partial charge on any atom is -0.342 e. The average Bonchev–Trinajstić information content (AvgIpc) is 2.67. The molecule has 0 N–H and O–H groups in total.